The number of rotatable bonds is 5. The molecular weight excluding hydrogens is 238 g/mol. The van der Waals surface area contributed by atoms with Crippen LogP contribution < -0.4 is 0 Å². The first kappa shape index (κ1) is 14.1. The van der Waals surface area contributed by atoms with Crippen LogP contribution in [0.3, 0.4) is 0 Å². The van der Waals surface area contributed by atoms with Gasteiger partial charge in [-0.2, -0.15) is 0 Å². The Hall–Kier alpha value is -1.35. The first-order chi connectivity index (χ1) is 9.24. The van der Waals surface area contributed by atoms with Crippen molar-refractivity contribution in [2.24, 2.45) is 0 Å². The van der Waals surface area contributed by atoms with Crippen molar-refractivity contribution in [3.63, 3.8) is 0 Å². The van der Waals surface area contributed by atoms with Crippen molar-refractivity contribution in [2.45, 2.75) is 32.1 Å². The third-order valence-electron chi connectivity index (χ3n) is 4.00. The molecule has 1 aliphatic carbocycles. The van der Waals surface area contributed by atoms with Crippen LogP contribution in [0.2, 0.25) is 0 Å². The number of hydrogen-bond donors (Lipinski definition) is 0. The molecule has 1 atom stereocenters. The third-order valence-corrected chi connectivity index (χ3v) is 4.00. The Kier molecular flexibility index (Phi) is 4.97. The van der Waals surface area contributed by atoms with Crippen LogP contribution >= 0.6 is 0 Å². The largest absolute Gasteiger partial charge is 0.468 e. The van der Waals surface area contributed by atoms with Crippen molar-refractivity contribution >= 4 is 5.97 Å². The monoisotopic (exact) mass is 261 g/mol. The average molecular weight is 261 g/mol. The Balaban J connectivity index is 2.04. The summed E-state index contributed by atoms with van der Waals surface area (Å²) in [6, 6.07) is 8.71. The lowest BCUT2D eigenvalue weighted by Crippen LogP contribution is -2.34. The molecule has 0 radical (unpaired) electrons. The van der Waals surface area contributed by atoms with Gasteiger partial charge in [-0.15, -0.1) is 0 Å². The smallest absolute Gasteiger partial charge is 0.319 e. The summed E-state index contributed by atoms with van der Waals surface area (Å²) in [6.07, 6.45) is 3.65. The van der Waals surface area contributed by atoms with Crippen LogP contribution in [0, 0.1) is 0 Å². The third kappa shape index (κ3) is 3.57. The fraction of sp³-hybridized carbons (Fsp3) is 0.562. The molecule has 3 nitrogen and oxygen atoms in total. The van der Waals surface area contributed by atoms with Crippen LogP contribution in [-0.2, 0) is 16.0 Å². The van der Waals surface area contributed by atoms with Gasteiger partial charge in [0.1, 0.15) is 0 Å². The first-order valence-corrected chi connectivity index (χ1v) is 7.11. The summed E-state index contributed by atoms with van der Waals surface area (Å²) in [6.45, 7) is 4.32. The van der Waals surface area contributed by atoms with E-state index in [1.807, 2.05) is 0 Å². The minimum absolute atomic E-state index is 0.147. The van der Waals surface area contributed by atoms with Crippen LogP contribution in [0.4, 0.5) is 0 Å². The van der Waals surface area contributed by atoms with E-state index in [4.69, 9.17) is 4.74 Å². The van der Waals surface area contributed by atoms with Gasteiger partial charge in [-0.05, 0) is 42.9 Å². The van der Waals surface area contributed by atoms with Gasteiger partial charge in [0.2, 0.25) is 0 Å². The number of ether oxygens (including phenoxy) is 1. The second kappa shape index (κ2) is 6.71. The maximum Gasteiger partial charge on any atom is 0.319 e. The predicted molar refractivity (Wildman–Crippen MR) is 76.3 cm³/mol. The summed E-state index contributed by atoms with van der Waals surface area (Å²) in [5.74, 6) is 0.403. The highest BCUT2D eigenvalue weighted by Crippen LogP contribution is 2.31. The Morgan fingerprint density at radius 1 is 1.42 bits per heavy atom. The van der Waals surface area contributed by atoms with Gasteiger partial charge in [-0.1, -0.05) is 31.2 Å². The molecule has 0 amide bonds. The maximum absolute atomic E-state index is 11.4. The molecule has 0 aliphatic heterocycles. The molecule has 0 N–H and O–H groups in total. The average Bonchev–Trinajstić information content (AvgIpc) is 2.46. The van der Waals surface area contributed by atoms with Crippen molar-refractivity contribution in [3.05, 3.63) is 35.4 Å². The van der Waals surface area contributed by atoms with Crippen molar-refractivity contribution in [1.82, 2.24) is 4.90 Å². The molecule has 0 aromatic heterocycles. The van der Waals surface area contributed by atoms with Gasteiger partial charge in [-0.25, -0.2) is 0 Å². The van der Waals surface area contributed by atoms with Crippen molar-refractivity contribution < 1.29 is 9.53 Å². The summed E-state index contributed by atoms with van der Waals surface area (Å²) in [4.78, 5) is 13.6. The lowest BCUT2D eigenvalue weighted by atomic mass is 9.82. The Labute approximate surface area is 115 Å². The molecule has 1 aliphatic rings. The fourth-order valence-electron chi connectivity index (χ4n) is 2.91. The Morgan fingerprint density at radius 2 is 2.21 bits per heavy atom. The fourth-order valence-corrected chi connectivity index (χ4v) is 2.91. The second-order valence-corrected chi connectivity index (χ2v) is 5.19. The highest BCUT2D eigenvalue weighted by molar-refractivity contribution is 5.71. The number of aryl methyl sites for hydroxylation is 1. The van der Waals surface area contributed by atoms with Crippen LogP contribution in [0.5, 0.6) is 0 Å². The summed E-state index contributed by atoms with van der Waals surface area (Å²) >= 11 is 0. The minimum Gasteiger partial charge on any atom is -0.468 e. The van der Waals surface area contributed by atoms with Gasteiger partial charge in [0.05, 0.1) is 13.7 Å². The number of carbonyl (C=O) groups is 1. The van der Waals surface area contributed by atoms with E-state index in [-0.39, 0.29) is 5.97 Å². The van der Waals surface area contributed by atoms with Gasteiger partial charge < -0.3 is 4.74 Å². The highest BCUT2D eigenvalue weighted by atomic mass is 16.5. The lowest BCUT2D eigenvalue weighted by Gasteiger charge is -2.30. The van der Waals surface area contributed by atoms with Crippen molar-refractivity contribution in [2.75, 3.05) is 26.7 Å². The summed E-state index contributed by atoms with van der Waals surface area (Å²) < 4.78 is 4.76. The molecule has 0 spiro atoms. The highest BCUT2D eigenvalue weighted by Gasteiger charge is 2.22. The van der Waals surface area contributed by atoms with Gasteiger partial charge >= 0.3 is 5.97 Å². The van der Waals surface area contributed by atoms with Crippen molar-refractivity contribution in [1.29, 1.82) is 0 Å². The quantitative estimate of drug-likeness (QED) is 0.763. The van der Waals surface area contributed by atoms with Crippen LogP contribution in [0.25, 0.3) is 0 Å². The second-order valence-electron chi connectivity index (χ2n) is 5.19. The zero-order valence-electron chi connectivity index (χ0n) is 11.9. The topological polar surface area (TPSA) is 29.5 Å². The van der Waals surface area contributed by atoms with Crippen LogP contribution in [0.15, 0.2) is 24.3 Å². The van der Waals surface area contributed by atoms with E-state index in [0.717, 1.165) is 13.1 Å². The van der Waals surface area contributed by atoms with E-state index in [0.29, 0.717) is 12.5 Å². The van der Waals surface area contributed by atoms with E-state index in [2.05, 4.69) is 36.1 Å². The van der Waals surface area contributed by atoms with Crippen molar-refractivity contribution in [3.8, 4) is 0 Å². The molecule has 2 rings (SSSR count). The molecule has 19 heavy (non-hydrogen) atoms. The summed E-state index contributed by atoms with van der Waals surface area (Å²) in [5, 5.41) is 0. The molecule has 3 heteroatoms. The first-order valence-electron chi connectivity index (χ1n) is 7.11. The lowest BCUT2D eigenvalue weighted by molar-refractivity contribution is -0.141. The maximum atomic E-state index is 11.4. The number of carbonyl (C=O) groups excluding carboxylic acids is 1. The molecule has 1 aromatic rings. The molecule has 1 unspecified atom stereocenters. The van der Waals surface area contributed by atoms with E-state index >= 15 is 0 Å². The number of hydrogen-bond acceptors (Lipinski definition) is 3. The molecule has 104 valence electrons. The standard InChI is InChI=1S/C16H23NO2/c1-3-17(12-16(18)19-2)11-14-9-6-8-13-7-4-5-10-15(13)14/h4-5,7,10,14H,3,6,8-9,11-12H2,1-2H3. The zero-order chi connectivity index (χ0) is 13.7. The Bertz CT molecular complexity index is 431. The van der Waals surface area contributed by atoms with E-state index < -0.39 is 0 Å². The molecule has 0 saturated carbocycles. The molecule has 0 heterocycles. The number of fused-ring (bicyclic) bond motifs is 1. The minimum atomic E-state index is -0.147. The number of esters is 1. The summed E-state index contributed by atoms with van der Waals surface area (Å²) in [5.41, 5.74) is 2.95. The van der Waals surface area contributed by atoms with Gasteiger partial charge in [0, 0.05) is 6.54 Å². The number of nitrogens with zero attached hydrogens (tertiary/aromatic N) is 1. The van der Waals surface area contributed by atoms with Gasteiger partial charge in [-0.3, -0.25) is 9.69 Å². The van der Waals surface area contributed by atoms with E-state index in [9.17, 15) is 4.79 Å². The van der Waals surface area contributed by atoms with Gasteiger partial charge in [0.25, 0.3) is 0 Å². The molecule has 0 saturated heterocycles. The van der Waals surface area contributed by atoms with E-state index in [1.54, 1.807) is 0 Å². The van der Waals surface area contributed by atoms with E-state index in [1.165, 1.54) is 37.5 Å². The molecular formula is C16H23NO2. The predicted octanol–water partition coefficient (Wildman–Crippen LogP) is 2.60. The molecule has 0 bridgehead atoms. The zero-order valence-corrected chi connectivity index (χ0v) is 11.9. The number of methoxy groups -OCH3 is 1. The normalized spacial score (nSPS) is 18.2. The number of likely N-dealkylation sites (N-methyl/N-ethyl adjacent to an activating group) is 1. The van der Waals surface area contributed by atoms with Crippen LogP contribution in [-0.4, -0.2) is 37.6 Å². The molecule has 1 aromatic carbocycles. The molecule has 0 fully saturated rings. The van der Waals surface area contributed by atoms with Crippen LogP contribution in [0.1, 0.15) is 36.8 Å². The Morgan fingerprint density at radius 3 is 2.95 bits per heavy atom. The van der Waals surface area contributed by atoms with Gasteiger partial charge in [0.15, 0.2) is 0 Å². The summed E-state index contributed by atoms with van der Waals surface area (Å²) in [7, 11) is 1.45. The number of benzene rings is 1. The SMILES string of the molecule is CCN(CC(=O)OC)CC1CCCc2ccccc21.